The van der Waals surface area contributed by atoms with Crippen LogP contribution in [0.3, 0.4) is 0 Å². The largest absolute Gasteiger partial charge is 0.449 e. The number of rotatable bonds is 3. The molecule has 2 aromatic rings. The van der Waals surface area contributed by atoms with E-state index in [2.05, 4.69) is 15.9 Å². The van der Waals surface area contributed by atoms with Gasteiger partial charge in [0.1, 0.15) is 17.6 Å². The summed E-state index contributed by atoms with van der Waals surface area (Å²) < 4.78 is 18.8. The Kier molecular flexibility index (Phi) is 3.96. The Morgan fingerprint density at radius 1 is 1.30 bits per heavy atom. The quantitative estimate of drug-likeness (QED) is 0.622. The van der Waals surface area contributed by atoms with Crippen molar-refractivity contribution in [1.29, 1.82) is 5.26 Å². The van der Waals surface area contributed by atoms with Gasteiger partial charge in [-0.3, -0.25) is 10.1 Å². The molecule has 0 atom stereocenters. The zero-order chi connectivity index (χ0) is 14.7. The number of hydrogen-bond donors (Lipinski definition) is 0. The topological polar surface area (TPSA) is 76.2 Å². The van der Waals surface area contributed by atoms with Gasteiger partial charge in [0.2, 0.25) is 5.75 Å². The second-order valence-electron chi connectivity index (χ2n) is 3.70. The van der Waals surface area contributed by atoms with Crippen LogP contribution in [0, 0.1) is 27.3 Å². The summed E-state index contributed by atoms with van der Waals surface area (Å²) in [6.07, 6.45) is 0. The van der Waals surface area contributed by atoms with Gasteiger partial charge >= 0.3 is 5.69 Å². The summed E-state index contributed by atoms with van der Waals surface area (Å²) in [5.41, 5.74) is -0.198. The zero-order valence-electron chi connectivity index (χ0n) is 9.84. The summed E-state index contributed by atoms with van der Waals surface area (Å²) in [7, 11) is 0. The number of nitriles is 1. The molecule has 0 fully saturated rings. The van der Waals surface area contributed by atoms with Crippen LogP contribution >= 0.6 is 15.9 Å². The molecule has 0 saturated carbocycles. The Bertz CT molecular complexity index is 728. The molecule has 0 amide bonds. The number of nitrogens with zero attached hydrogens (tertiary/aromatic N) is 2. The molecule has 20 heavy (non-hydrogen) atoms. The van der Waals surface area contributed by atoms with Gasteiger partial charge in [0.05, 0.1) is 15.0 Å². The molecule has 0 saturated heterocycles. The molecule has 0 N–H and O–H groups in total. The van der Waals surface area contributed by atoms with Crippen LogP contribution in [0.4, 0.5) is 10.1 Å². The molecule has 0 aliphatic heterocycles. The van der Waals surface area contributed by atoms with Crippen LogP contribution in [0.25, 0.3) is 0 Å². The highest BCUT2D eigenvalue weighted by Gasteiger charge is 2.20. The van der Waals surface area contributed by atoms with Crippen molar-refractivity contribution in [2.45, 2.75) is 0 Å². The van der Waals surface area contributed by atoms with Crippen LogP contribution < -0.4 is 4.74 Å². The lowest BCUT2D eigenvalue weighted by Crippen LogP contribution is -1.96. The van der Waals surface area contributed by atoms with Crippen molar-refractivity contribution in [3.63, 3.8) is 0 Å². The van der Waals surface area contributed by atoms with Gasteiger partial charge in [0, 0.05) is 12.1 Å². The van der Waals surface area contributed by atoms with E-state index in [1.54, 1.807) is 12.1 Å². The maximum Gasteiger partial charge on any atom is 0.312 e. The van der Waals surface area contributed by atoms with E-state index in [1.165, 1.54) is 12.1 Å². The van der Waals surface area contributed by atoms with Gasteiger partial charge in [-0.25, -0.2) is 4.39 Å². The Hall–Kier alpha value is -2.46. The lowest BCUT2D eigenvalue weighted by atomic mass is 10.2. The van der Waals surface area contributed by atoms with E-state index in [9.17, 15) is 14.5 Å². The van der Waals surface area contributed by atoms with Gasteiger partial charge in [-0.2, -0.15) is 5.26 Å². The first kappa shape index (κ1) is 14.0. The van der Waals surface area contributed by atoms with E-state index in [0.717, 1.165) is 12.1 Å². The second-order valence-corrected chi connectivity index (χ2v) is 4.56. The lowest BCUT2D eigenvalue weighted by molar-refractivity contribution is -0.385. The minimum Gasteiger partial charge on any atom is -0.449 e. The predicted octanol–water partition coefficient (Wildman–Crippen LogP) is 4.16. The number of benzene rings is 2. The normalized spacial score (nSPS) is 9.85. The van der Waals surface area contributed by atoms with Gasteiger partial charge in [0.25, 0.3) is 0 Å². The van der Waals surface area contributed by atoms with E-state index >= 15 is 0 Å². The van der Waals surface area contributed by atoms with E-state index in [-0.39, 0.29) is 21.5 Å². The number of hydrogen-bond acceptors (Lipinski definition) is 4. The van der Waals surface area contributed by atoms with Crippen molar-refractivity contribution in [3.8, 4) is 17.6 Å². The number of para-hydroxylation sites is 1. The summed E-state index contributed by atoms with van der Waals surface area (Å²) in [5.74, 6) is -0.835. The van der Waals surface area contributed by atoms with Crippen molar-refractivity contribution < 1.29 is 14.1 Å². The molecule has 0 aliphatic rings. The number of nitro groups is 1. The Balaban J connectivity index is 2.51. The summed E-state index contributed by atoms with van der Waals surface area (Å²) >= 11 is 2.87. The summed E-state index contributed by atoms with van der Waals surface area (Å²) in [4.78, 5) is 10.3. The third-order valence-electron chi connectivity index (χ3n) is 2.43. The standard InChI is InChI=1S/C13H6BrFN2O3/c14-9-5-11(17(18)19)13(6-10(9)15)20-12-4-2-1-3-8(12)7-16/h1-6H. The maximum absolute atomic E-state index is 13.5. The number of halogens is 2. The highest BCUT2D eigenvalue weighted by atomic mass is 79.9. The molecule has 0 aromatic heterocycles. The van der Waals surface area contributed by atoms with E-state index in [4.69, 9.17) is 10.00 Å². The molecular formula is C13H6BrFN2O3. The summed E-state index contributed by atoms with van der Waals surface area (Å²) in [5, 5.41) is 19.9. The molecule has 100 valence electrons. The summed E-state index contributed by atoms with van der Waals surface area (Å²) in [6, 6.07) is 10.0. The van der Waals surface area contributed by atoms with Crippen LogP contribution in [0.1, 0.15) is 5.56 Å². The maximum atomic E-state index is 13.5. The molecular weight excluding hydrogens is 331 g/mol. The third-order valence-corrected chi connectivity index (χ3v) is 3.03. The van der Waals surface area contributed by atoms with Crippen molar-refractivity contribution >= 4 is 21.6 Å². The molecule has 0 aliphatic carbocycles. The predicted molar refractivity (Wildman–Crippen MR) is 72.0 cm³/mol. The smallest absolute Gasteiger partial charge is 0.312 e. The number of nitro benzene ring substituents is 1. The highest BCUT2D eigenvalue weighted by molar-refractivity contribution is 9.10. The Labute approximate surface area is 121 Å². The third kappa shape index (κ3) is 2.75. The lowest BCUT2D eigenvalue weighted by Gasteiger charge is -2.08. The average molecular weight is 337 g/mol. The number of ether oxygens (including phenoxy) is 1. The molecule has 2 rings (SSSR count). The van der Waals surface area contributed by atoms with Crippen LogP contribution in [0.2, 0.25) is 0 Å². The van der Waals surface area contributed by atoms with E-state index in [0.29, 0.717) is 0 Å². The van der Waals surface area contributed by atoms with Crippen molar-refractivity contribution in [3.05, 3.63) is 62.4 Å². The van der Waals surface area contributed by atoms with Gasteiger partial charge in [-0.15, -0.1) is 0 Å². The van der Waals surface area contributed by atoms with Gasteiger partial charge in [-0.1, -0.05) is 12.1 Å². The summed E-state index contributed by atoms with van der Waals surface area (Å²) in [6.45, 7) is 0. The van der Waals surface area contributed by atoms with Crippen LogP contribution in [0.15, 0.2) is 40.9 Å². The second kappa shape index (κ2) is 5.67. The first-order chi connectivity index (χ1) is 9.52. The first-order valence-corrected chi connectivity index (χ1v) is 6.12. The Morgan fingerprint density at radius 3 is 2.65 bits per heavy atom. The fourth-order valence-electron chi connectivity index (χ4n) is 1.51. The van der Waals surface area contributed by atoms with Gasteiger partial charge in [0.15, 0.2) is 0 Å². The van der Waals surface area contributed by atoms with Crippen molar-refractivity contribution in [1.82, 2.24) is 0 Å². The van der Waals surface area contributed by atoms with Crippen molar-refractivity contribution in [2.24, 2.45) is 0 Å². The average Bonchev–Trinajstić information content (AvgIpc) is 2.43. The molecule has 7 heteroatoms. The minimum atomic E-state index is -0.694. The molecule has 2 aromatic carbocycles. The zero-order valence-corrected chi connectivity index (χ0v) is 11.4. The molecule has 0 radical (unpaired) electrons. The van der Waals surface area contributed by atoms with E-state index < -0.39 is 16.4 Å². The monoisotopic (exact) mass is 336 g/mol. The van der Waals surface area contributed by atoms with Gasteiger partial charge in [-0.05, 0) is 28.1 Å². The minimum absolute atomic E-state index is 0.0369. The molecule has 5 nitrogen and oxygen atoms in total. The van der Waals surface area contributed by atoms with E-state index in [1.807, 2.05) is 6.07 Å². The fraction of sp³-hybridized carbons (Fsp3) is 0. The van der Waals surface area contributed by atoms with Crippen molar-refractivity contribution in [2.75, 3.05) is 0 Å². The Morgan fingerprint density at radius 2 is 2.00 bits per heavy atom. The molecule has 0 bridgehead atoms. The van der Waals surface area contributed by atoms with Gasteiger partial charge < -0.3 is 4.74 Å². The van der Waals surface area contributed by atoms with Crippen LogP contribution in [0.5, 0.6) is 11.5 Å². The van der Waals surface area contributed by atoms with Crippen LogP contribution in [-0.4, -0.2) is 4.92 Å². The first-order valence-electron chi connectivity index (χ1n) is 5.33. The highest BCUT2D eigenvalue weighted by Crippen LogP contribution is 2.36. The molecule has 0 unspecified atom stereocenters. The molecule has 0 heterocycles. The SMILES string of the molecule is N#Cc1ccccc1Oc1cc(F)c(Br)cc1[N+](=O)[O-]. The fourth-order valence-corrected chi connectivity index (χ4v) is 1.84. The van der Waals surface area contributed by atoms with Crippen LogP contribution in [-0.2, 0) is 0 Å². The molecule has 0 spiro atoms.